The number of quaternary nitrogens is 2. The summed E-state index contributed by atoms with van der Waals surface area (Å²) in [6.07, 6.45) is 0. The maximum Gasteiger partial charge on any atom is 0.101 e. The number of hydrogen-bond acceptors (Lipinski definition) is 6. The molecule has 0 amide bonds. The van der Waals surface area contributed by atoms with Crippen molar-refractivity contribution in [2.24, 2.45) is 0 Å². The number of aromatic carboxylic acids is 2. The molecule has 0 aliphatic heterocycles. The monoisotopic (exact) mass is 372 g/mol. The number of carboxylic acids is 2. The van der Waals surface area contributed by atoms with Gasteiger partial charge in [-0.2, -0.15) is 0 Å². The van der Waals surface area contributed by atoms with E-state index in [0.717, 1.165) is 34.2 Å². The Morgan fingerprint density at radius 3 is 1.15 bits per heavy atom. The van der Waals surface area contributed by atoms with Crippen molar-refractivity contribution in [1.82, 2.24) is 0 Å². The number of carboxylic acid groups (broad SMARTS) is 2. The summed E-state index contributed by atoms with van der Waals surface area (Å²) in [5.41, 5.74) is -0.727. The fourth-order valence-electron chi connectivity index (χ4n) is 1.44. The fraction of sp³-hybridized carbons (Fsp3) is 0.556. The highest BCUT2D eigenvalue weighted by Gasteiger charge is 2.03. The Morgan fingerprint density at radius 2 is 1.04 bits per heavy atom. The zero-order valence-electron chi connectivity index (χ0n) is 16.6. The molecule has 0 aliphatic rings. The lowest BCUT2D eigenvalue weighted by Crippen LogP contribution is -2.36. The van der Waals surface area contributed by atoms with Crippen LogP contribution in [0.4, 0.5) is 0 Å². The quantitative estimate of drug-likeness (QED) is 0.546. The molecule has 2 N–H and O–H groups in total. The Bertz CT molecular complexity index is 498. The highest BCUT2D eigenvalue weighted by Crippen LogP contribution is 2.05. The number of likely N-dealkylation sites (N-methyl/N-ethyl adjacent to an activating group) is 2. The van der Waals surface area contributed by atoms with E-state index in [2.05, 4.69) is 42.3 Å². The van der Waals surface area contributed by atoms with Crippen molar-refractivity contribution in [2.45, 2.75) is 0 Å². The van der Waals surface area contributed by atoms with Gasteiger partial charge in [-0.1, -0.05) is 24.3 Å². The molecule has 0 unspecified atom stereocenters. The summed E-state index contributed by atoms with van der Waals surface area (Å²) in [6.45, 7) is 2.23. The third kappa shape index (κ3) is 15.5. The molecule has 0 aliphatic carbocycles. The first-order chi connectivity index (χ1) is 11.7. The average molecular weight is 372 g/mol. The number of benzene rings is 1. The van der Waals surface area contributed by atoms with E-state index in [9.17, 15) is 19.8 Å². The van der Waals surface area contributed by atoms with E-state index in [1.807, 2.05) is 0 Å². The van der Waals surface area contributed by atoms with Gasteiger partial charge in [0, 0.05) is 11.1 Å². The predicted octanol–water partition coefficient (Wildman–Crippen LogP) is -2.22. The van der Waals surface area contributed by atoms with Crippen molar-refractivity contribution in [1.29, 1.82) is 0 Å². The van der Waals surface area contributed by atoms with Gasteiger partial charge in [-0.25, -0.2) is 0 Å². The van der Waals surface area contributed by atoms with Gasteiger partial charge in [0.25, 0.3) is 0 Å². The predicted molar refractivity (Wildman–Crippen MR) is 95.1 cm³/mol. The van der Waals surface area contributed by atoms with Crippen molar-refractivity contribution in [2.75, 3.05) is 68.6 Å². The summed E-state index contributed by atoms with van der Waals surface area (Å²) in [5, 5.41) is 37.4. The Hall–Kier alpha value is -2.00. The lowest BCUT2D eigenvalue weighted by Gasteiger charge is -2.21. The highest BCUT2D eigenvalue weighted by molar-refractivity contribution is 5.99. The van der Waals surface area contributed by atoms with Gasteiger partial charge in [-0.3, -0.25) is 0 Å². The maximum atomic E-state index is 10.3. The van der Waals surface area contributed by atoms with Crippen molar-refractivity contribution in [3.63, 3.8) is 0 Å². The first kappa shape index (κ1) is 26.2. The first-order valence-electron chi connectivity index (χ1n) is 8.09. The summed E-state index contributed by atoms with van der Waals surface area (Å²) >= 11 is 0. The van der Waals surface area contributed by atoms with Crippen molar-refractivity contribution in [3.05, 3.63) is 35.4 Å². The largest absolute Gasteiger partial charge is 0.545 e. The van der Waals surface area contributed by atoms with E-state index in [0.29, 0.717) is 0 Å². The SMILES string of the molecule is C[N+](C)(C)CCO.C[N+](C)(C)CCO.O=C([O-])c1ccccc1C(=O)[O-]. The molecule has 1 rings (SSSR count). The van der Waals surface area contributed by atoms with Crippen molar-refractivity contribution in [3.8, 4) is 0 Å². The molecular weight excluding hydrogens is 340 g/mol. The number of rotatable bonds is 6. The number of aliphatic hydroxyl groups excluding tert-OH is 2. The van der Waals surface area contributed by atoms with E-state index in [1.165, 1.54) is 12.1 Å². The minimum atomic E-state index is -1.52. The average Bonchev–Trinajstić information content (AvgIpc) is 2.46. The van der Waals surface area contributed by atoms with E-state index in [4.69, 9.17) is 10.2 Å². The standard InChI is InChI=1S/C8H6O4.2C5H14NO/c9-7(10)5-3-1-2-4-6(5)8(11)12;2*1-6(2,3)4-5-7/h1-4H,(H,9,10)(H,11,12);2*7H,4-5H2,1-3H3/q;2*+1/p-2. The second-order valence-electron chi connectivity index (χ2n) is 7.60. The lowest BCUT2D eigenvalue weighted by molar-refractivity contribution is -0.870. The summed E-state index contributed by atoms with van der Waals surface area (Å²) in [4.78, 5) is 20.6. The second-order valence-corrected chi connectivity index (χ2v) is 7.60. The van der Waals surface area contributed by atoms with Gasteiger partial charge in [0.2, 0.25) is 0 Å². The zero-order valence-corrected chi connectivity index (χ0v) is 16.6. The van der Waals surface area contributed by atoms with Crippen LogP contribution in [0.3, 0.4) is 0 Å². The van der Waals surface area contributed by atoms with Gasteiger partial charge in [0.15, 0.2) is 0 Å². The molecule has 0 saturated carbocycles. The Morgan fingerprint density at radius 1 is 0.769 bits per heavy atom. The molecule has 1 aromatic carbocycles. The maximum absolute atomic E-state index is 10.3. The third-order valence-corrected chi connectivity index (χ3v) is 2.91. The summed E-state index contributed by atoms with van der Waals surface area (Å²) in [7, 11) is 12.3. The van der Waals surface area contributed by atoms with E-state index >= 15 is 0 Å². The first-order valence-corrected chi connectivity index (χ1v) is 8.09. The minimum Gasteiger partial charge on any atom is -0.545 e. The van der Waals surface area contributed by atoms with E-state index in [1.54, 1.807) is 0 Å². The molecular formula is C18H32N2O6. The van der Waals surface area contributed by atoms with Gasteiger partial charge in [0.1, 0.15) is 13.1 Å². The van der Waals surface area contributed by atoms with Gasteiger partial charge < -0.3 is 39.0 Å². The fourth-order valence-corrected chi connectivity index (χ4v) is 1.44. The smallest absolute Gasteiger partial charge is 0.101 e. The van der Waals surface area contributed by atoms with Crippen molar-refractivity contribution < 1.29 is 39.0 Å². The Kier molecular flexibility index (Phi) is 12.5. The highest BCUT2D eigenvalue weighted by atomic mass is 16.4. The third-order valence-electron chi connectivity index (χ3n) is 2.91. The Labute approximate surface area is 155 Å². The van der Waals surface area contributed by atoms with Crippen LogP contribution in [-0.2, 0) is 0 Å². The van der Waals surface area contributed by atoms with E-state index in [-0.39, 0.29) is 24.3 Å². The van der Waals surface area contributed by atoms with Crippen LogP contribution in [0.2, 0.25) is 0 Å². The number of nitrogens with zero attached hydrogens (tertiary/aromatic N) is 2. The second kappa shape index (κ2) is 12.4. The number of carbonyl (C=O) groups is 2. The van der Waals surface area contributed by atoms with Gasteiger partial charge in [-0.05, 0) is 0 Å². The van der Waals surface area contributed by atoms with Crippen LogP contribution in [0.15, 0.2) is 24.3 Å². The van der Waals surface area contributed by atoms with Gasteiger partial charge in [0.05, 0.1) is 67.4 Å². The van der Waals surface area contributed by atoms with E-state index < -0.39 is 11.9 Å². The van der Waals surface area contributed by atoms with Gasteiger partial charge >= 0.3 is 0 Å². The number of hydrogen-bond donors (Lipinski definition) is 2. The Balaban J connectivity index is 0. The zero-order chi connectivity index (χ0) is 21.0. The number of carbonyl (C=O) groups excluding carboxylic acids is 2. The summed E-state index contributed by atoms with van der Waals surface area (Å²) < 4.78 is 1.69. The van der Waals surface area contributed by atoms with Crippen LogP contribution < -0.4 is 10.2 Å². The summed E-state index contributed by atoms with van der Waals surface area (Å²) in [5.74, 6) is -3.04. The molecule has 0 heterocycles. The van der Waals surface area contributed by atoms with Crippen LogP contribution in [0.25, 0.3) is 0 Å². The van der Waals surface area contributed by atoms with Crippen LogP contribution in [0.5, 0.6) is 0 Å². The molecule has 0 atom stereocenters. The molecule has 26 heavy (non-hydrogen) atoms. The van der Waals surface area contributed by atoms with Gasteiger partial charge in [-0.15, -0.1) is 0 Å². The molecule has 0 aromatic heterocycles. The minimum absolute atomic E-state index is 0.281. The molecule has 0 saturated heterocycles. The molecule has 150 valence electrons. The lowest BCUT2D eigenvalue weighted by atomic mass is 10.1. The number of aliphatic hydroxyl groups is 2. The van der Waals surface area contributed by atoms with Crippen LogP contribution >= 0.6 is 0 Å². The normalized spacial score (nSPS) is 10.8. The topological polar surface area (TPSA) is 121 Å². The molecule has 0 fully saturated rings. The van der Waals surface area contributed by atoms with Crippen LogP contribution in [0, 0.1) is 0 Å². The molecule has 0 radical (unpaired) electrons. The van der Waals surface area contributed by atoms with Crippen LogP contribution in [-0.4, -0.2) is 99.7 Å². The molecule has 8 nitrogen and oxygen atoms in total. The molecule has 0 spiro atoms. The molecule has 0 bridgehead atoms. The molecule has 8 heteroatoms. The van der Waals surface area contributed by atoms with Crippen LogP contribution in [0.1, 0.15) is 20.7 Å². The molecule has 1 aromatic rings. The summed E-state index contributed by atoms with van der Waals surface area (Å²) in [6, 6.07) is 5.14. The van der Waals surface area contributed by atoms with Crippen molar-refractivity contribution >= 4 is 11.9 Å².